The van der Waals surface area contributed by atoms with E-state index in [-0.39, 0.29) is 17.7 Å². The highest BCUT2D eigenvalue weighted by molar-refractivity contribution is 7.15. The number of amides is 1. The van der Waals surface area contributed by atoms with Crippen molar-refractivity contribution in [2.45, 2.75) is 76.0 Å². The summed E-state index contributed by atoms with van der Waals surface area (Å²) in [5.74, 6) is 0.863. The summed E-state index contributed by atoms with van der Waals surface area (Å²) in [4.78, 5) is 33.5. The number of rotatable bonds is 9. The minimum absolute atomic E-state index is 0.125. The van der Waals surface area contributed by atoms with E-state index in [1.54, 1.807) is 18.4 Å². The van der Waals surface area contributed by atoms with Crippen molar-refractivity contribution in [2.24, 2.45) is 17.8 Å². The summed E-state index contributed by atoms with van der Waals surface area (Å²) >= 11 is 1.76. The van der Waals surface area contributed by atoms with Crippen LogP contribution in [0.2, 0.25) is 0 Å². The quantitative estimate of drug-likeness (QED) is 0.270. The van der Waals surface area contributed by atoms with Crippen LogP contribution in [0.4, 0.5) is 5.69 Å². The van der Waals surface area contributed by atoms with Crippen LogP contribution in [0.3, 0.4) is 0 Å². The molecule has 3 aliphatic carbocycles. The number of methoxy groups -OCH3 is 1. The van der Waals surface area contributed by atoms with Gasteiger partial charge in [0.1, 0.15) is 11.8 Å². The normalized spacial score (nSPS) is 23.7. The third-order valence-corrected chi connectivity index (χ3v) is 10.9. The molecular weight excluding hydrogens is 558 g/mol. The highest BCUT2D eigenvalue weighted by atomic mass is 32.1. The molecule has 224 valence electrons. The zero-order valence-electron chi connectivity index (χ0n) is 24.7. The van der Waals surface area contributed by atoms with Crippen LogP contribution in [0, 0.1) is 29.1 Å². The van der Waals surface area contributed by atoms with Crippen molar-refractivity contribution in [1.82, 2.24) is 4.98 Å². The highest BCUT2D eigenvalue weighted by Crippen LogP contribution is 2.44. The lowest BCUT2D eigenvalue weighted by molar-refractivity contribution is -0.144. The number of thiazole rings is 1. The van der Waals surface area contributed by atoms with Crippen molar-refractivity contribution in [3.05, 3.63) is 64.8 Å². The van der Waals surface area contributed by atoms with E-state index in [4.69, 9.17) is 4.74 Å². The fourth-order valence-electron chi connectivity index (χ4n) is 6.90. The molecule has 8 heteroatoms. The van der Waals surface area contributed by atoms with Crippen LogP contribution in [0.15, 0.2) is 48.7 Å². The molecule has 43 heavy (non-hydrogen) atoms. The van der Waals surface area contributed by atoms with E-state index in [9.17, 15) is 20.0 Å². The van der Waals surface area contributed by atoms with Gasteiger partial charge >= 0.3 is 5.97 Å². The van der Waals surface area contributed by atoms with E-state index in [1.165, 1.54) is 23.4 Å². The van der Waals surface area contributed by atoms with Gasteiger partial charge in [0.15, 0.2) is 0 Å². The van der Waals surface area contributed by atoms with E-state index in [2.05, 4.69) is 29.3 Å². The van der Waals surface area contributed by atoms with Gasteiger partial charge in [-0.05, 0) is 111 Å². The number of hydrogen-bond acceptors (Lipinski definition) is 6. The Balaban J connectivity index is 1.19. The lowest BCUT2D eigenvalue weighted by Gasteiger charge is -2.36. The van der Waals surface area contributed by atoms with Gasteiger partial charge in [-0.2, -0.15) is 5.26 Å². The standard InChI is InChI=1S/C35H39N3O4S/c1-42-31-16-15-27(17-29(31)19-36)23-7-5-22(6-8-23)21-38(34(39)25-11-13-26(14-12-25)35(40)41)30-4-2-3-28(18-30)32-20-37-33(43-32)24-9-10-24/h2-4,15-18,20,22-26H,5-14,21H2,1H3,(H,40,41)/t22-,23-,25-,26-. The molecule has 0 bridgehead atoms. The average Bonchev–Trinajstić information content (AvgIpc) is 3.79. The Hall–Kier alpha value is -3.70. The van der Waals surface area contributed by atoms with E-state index < -0.39 is 5.97 Å². The minimum atomic E-state index is -0.749. The van der Waals surface area contributed by atoms with Crippen molar-refractivity contribution in [3.63, 3.8) is 0 Å². The molecule has 7 nitrogen and oxygen atoms in total. The number of anilines is 1. The molecule has 1 amide bonds. The van der Waals surface area contributed by atoms with Crippen LogP contribution >= 0.6 is 11.3 Å². The molecular formula is C35H39N3O4S. The second-order valence-corrected chi connectivity index (χ2v) is 13.6. The number of carboxylic acids is 1. The van der Waals surface area contributed by atoms with Crippen molar-refractivity contribution < 1.29 is 19.4 Å². The molecule has 0 spiro atoms. The number of aliphatic carboxylic acids is 1. The monoisotopic (exact) mass is 597 g/mol. The maximum Gasteiger partial charge on any atom is 0.306 e. The molecule has 0 saturated heterocycles. The van der Waals surface area contributed by atoms with Crippen LogP contribution in [-0.4, -0.2) is 35.6 Å². The maximum atomic E-state index is 14.1. The zero-order valence-corrected chi connectivity index (χ0v) is 25.5. The molecule has 0 unspecified atom stereocenters. The van der Waals surface area contributed by atoms with Gasteiger partial charge in [-0.15, -0.1) is 11.3 Å². The first-order chi connectivity index (χ1) is 20.9. The third kappa shape index (κ3) is 6.62. The molecule has 1 aromatic heterocycles. The number of carbonyl (C=O) groups is 2. The largest absolute Gasteiger partial charge is 0.495 e. The lowest BCUT2D eigenvalue weighted by atomic mass is 9.77. The Kier molecular flexibility index (Phi) is 8.80. The SMILES string of the molecule is COc1ccc([C@H]2CC[C@H](CN(c3cccc(-c4cnc(C5CC5)s4)c3)C(=O)[C@H]3CC[C@H](C(=O)O)CC3)CC2)cc1C#N. The fourth-order valence-corrected chi connectivity index (χ4v) is 7.98. The van der Waals surface area contributed by atoms with E-state index in [0.29, 0.717) is 61.3 Å². The van der Waals surface area contributed by atoms with E-state index in [1.807, 2.05) is 35.4 Å². The molecule has 3 fully saturated rings. The molecule has 0 atom stereocenters. The first-order valence-electron chi connectivity index (χ1n) is 15.6. The second-order valence-electron chi connectivity index (χ2n) is 12.5. The first kappa shape index (κ1) is 29.4. The van der Waals surface area contributed by atoms with Gasteiger partial charge in [0.25, 0.3) is 0 Å². The van der Waals surface area contributed by atoms with Crippen LogP contribution < -0.4 is 9.64 Å². The van der Waals surface area contributed by atoms with Gasteiger partial charge in [0, 0.05) is 30.3 Å². The molecule has 1 N–H and O–H groups in total. The molecule has 3 aromatic rings. The molecule has 0 aliphatic heterocycles. The Morgan fingerprint density at radius 2 is 1.70 bits per heavy atom. The minimum Gasteiger partial charge on any atom is -0.495 e. The van der Waals surface area contributed by atoms with Gasteiger partial charge in [0.2, 0.25) is 5.91 Å². The van der Waals surface area contributed by atoms with Crippen LogP contribution in [0.5, 0.6) is 5.75 Å². The molecule has 3 aliphatic rings. The number of nitrogens with zero attached hydrogens (tertiary/aromatic N) is 3. The third-order valence-electron chi connectivity index (χ3n) is 9.69. The molecule has 0 radical (unpaired) electrons. The predicted molar refractivity (Wildman–Crippen MR) is 167 cm³/mol. The number of hydrogen-bond donors (Lipinski definition) is 1. The molecule has 1 heterocycles. The predicted octanol–water partition coefficient (Wildman–Crippen LogP) is 7.77. The maximum absolute atomic E-state index is 14.1. The second kappa shape index (κ2) is 12.9. The van der Waals surface area contributed by atoms with Gasteiger partial charge in [-0.1, -0.05) is 18.2 Å². The van der Waals surface area contributed by atoms with Crippen LogP contribution in [-0.2, 0) is 9.59 Å². The summed E-state index contributed by atoms with van der Waals surface area (Å²) in [6.45, 7) is 0.663. The number of aromatic nitrogens is 1. The number of benzene rings is 2. The van der Waals surface area contributed by atoms with Crippen molar-refractivity contribution in [1.29, 1.82) is 5.26 Å². The summed E-state index contributed by atoms with van der Waals surface area (Å²) in [7, 11) is 1.59. The Morgan fingerprint density at radius 1 is 0.977 bits per heavy atom. The van der Waals surface area contributed by atoms with Crippen molar-refractivity contribution >= 4 is 28.9 Å². The summed E-state index contributed by atoms with van der Waals surface area (Å²) in [6, 6.07) is 16.5. The van der Waals surface area contributed by atoms with Gasteiger partial charge in [-0.25, -0.2) is 4.98 Å². The van der Waals surface area contributed by atoms with Crippen molar-refractivity contribution in [3.8, 4) is 22.3 Å². The topological polar surface area (TPSA) is 104 Å². The number of ether oxygens (including phenoxy) is 1. The Morgan fingerprint density at radius 3 is 2.37 bits per heavy atom. The van der Waals surface area contributed by atoms with Crippen LogP contribution in [0.25, 0.3) is 10.4 Å². The van der Waals surface area contributed by atoms with Crippen LogP contribution in [0.1, 0.15) is 92.2 Å². The summed E-state index contributed by atoms with van der Waals surface area (Å²) in [5.41, 5.74) is 3.76. The Labute approximate surface area is 257 Å². The van der Waals surface area contributed by atoms with Gasteiger partial charge < -0.3 is 14.7 Å². The van der Waals surface area contributed by atoms with Gasteiger partial charge in [0.05, 0.1) is 28.5 Å². The number of nitriles is 1. The first-order valence-corrected chi connectivity index (χ1v) is 16.4. The summed E-state index contributed by atoms with van der Waals surface area (Å²) in [6.07, 6.45) is 10.8. The summed E-state index contributed by atoms with van der Waals surface area (Å²) < 4.78 is 5.33. The van der Waals surface area contributed by atoms with E-state index >= 15 is 0 Å². The number of carboxylic acid groups (broad SMARTS) is 1. The molecule has 3 saturated carbocycles. The smallest absolute Gasteiger partial charge is 0.306 e. The lowest BCUT2D eigenvalue weighted by Crippen LogP contribution is -2.41. The average molecular weight is 598 g/mol. The molecule has 2 aromatic carbocycles. The number of carbonyl (C=O) groups excluding carboxylic acids is 1. The summed E-state index contributed by atoms with van der Waals surface area (Å²) in [5, 5.41) is 20.2. The van der Waals surface area contributed by atoms with Gasteiger partial charge in [-0.3, -0.25) is 9.59 Å². The van der Waals surface area contributed by atoms with Crippen molar-refractivity contribution in [2.75, 3.05) is 18.6 Å². The fraction of sp³-hybridized carbons (Fsp3) is 0.486. The Bertz CT molecular complexity index is 1510. The highest BCUT2D eigenvalue weighted by Gasteiger charge is 2.34. The van der Waals surface area contributed by atoms with E-state index in [0.717, 1.165) is 41.8 Å². The molecule has 6 rings (SSSR count). The zero-order chi connectivity index (χ0) is 29.9.